The Kier molecular flexibility index (Phi) is 2.77. The molecule has 8 atom stereocenters. The summed E-state index contributed by atoms with van der Waals surface area (Å²) < 4.78 is -0.494. The quantitative estimate of drug-likeness (QED) is 0.134. The molecule has 1 heteroatoms. The summed E-state index contributed by atoms with van der Waals surface area (Å²) in [5, 5.41) is 0. The van der Waals surface area contributed by atoms with Gasteiger partial charge < -0.3 is 0 Å². The monoisotopic (exact) mass is 796 g/mol. The number of hydrogen-bond donors (Lipinski definition) is 0. The normalized spacial score (nSPS) is 51.1. The second kappa shape index (κ2) is 5.55. The molecular weight excluding hydrogens is 755 g/mol. The minimum atomic E-state index is -6.18. The van der Waals surface area contributed by atoms with Crippen LogP contribution in [0.4, 0.5) is 0 Å². The first kappa shape index (κ1) is 29.5. The number of fused-ring (bicyclic) bond motifs is 10. The molecule has 0 radical (unpaired) electrons. The van der Waals surface area contributed by atoms with Gasteiger partial charge in [0.25, 0.3) is 0 Å². The summed E-state index contributed by atoms with van der Waals surface area (Å²) in [6.07, 6.45) is -6.18. The Hall–Kier alpha value is -5.75. The molecule has 8 aromatic rings. The summed E-state index contributed by atoms with van der Waals surface area (Å²) in [6.45, 7) is 0. The Morgan fingerprint density at radius 3 is 0.525 bits per heavy atom. The average Bonchev–Trinajstić information content (AvgIpc) is 4.30. The van der Waals surface area contributed by atoms with Gasteiger partial charge in [-0.25, -0.2) is 0 Å². The van der Waals surface area contributed by atoms with E-state index in [1.807, 2.05) is 0 Å². The molecular formula is C58H42Ni. The Morgan fingerprint density at radius 1 is 0.203 bits per heavy atom. The van der Waals surface area contributed by atoms with Crippen molar-refractivity contribution in [1.29, 1.82) is 0 Å². The van der Waals surface area contributed by atoms with Gasteiger partial charge in [0.05, 0.1) is 0 Å². The fraction of sp³-hybridized carbons (Fsp3) is 0.172. The number of benzene rings is 8. The van der Waals surface area contributed by atoms with Gasteiger partial charge in [0.1, 0.15) is 0 Å². The number of rotatable bonds is 8. The van der Waals surface area contributed by atoms with Crippen molar-refractivity contribution in [3.63, 3.8) is 0 Å². The SMILES string of the molecule is c1ccc([C]23[CH]4[C]5(c6ccccc6)[C]6(c7ccccc7)[C]2(c2ccccc2)[Ni]43562789[CH]3[C]2(c2ccccc2)[C]7(c2ccccc2)[C]8(c2ccccc2)[C]39c2ccccc2)cc1. The van der Waals surface area contributed by atoms with Crippen LogP contribution in [-0.2, 0) is 41.3 Å². The van der Waals surface area contributed by atoms with Gasteiger partial charge in [-0.3, -0.25) is 0 Å². The first-order valence-corrected chi connectivity index (χ1v) is 26.7. The summed E-state index contributed by atoms with van der Waals surface area (Å²) in [7, 11) is 0. The van der Waals surface area contributed by atoms with Gasteiger partial charge in [0, 0.05) is 0 Å². The molecule has 10 saturated heterocycles. The van der Waals surface area contributed by atoms with Gasteiger partial charge in [0.2, 0.25) is 0 Å². The van der Waals surface area contributed by atoms with E-state index >= 15 is 0 Å². The van der Waals surface area contributed by atoms with E-state index in [0.29, 0.717) is 9.78 Å². The van der Waals surface area contributed by atoms with Gasteiger partial charge in [-0.05, 0) is 0 Å². The zero-order valence-electron chi connectivity index (χ0n) is 32.6. The second-order valence-electron chi connectivity index (χ2n) is 20.5. The van der Waals surface area contributed by atoms with Gasteiger partial charge >= 0.3 is 338 Å². The van der Waals surface area contributed by atoms with Gasteiger partial charge in [-0.2, -0.15) is 0 Å². The molecule has 0 bridgehead atoms. The Labute approximate surface area is 336 Å². The van der Waals surface area contributed by atoms with E-state index in [1.165, 1.54) is 0 Å². The molecule has 8 unspecified atom stereocenters. The molecule has 10 aliphatic heterocycles. The van der Waals surface area contributed by atoms with Crippen LogP contribution >= 0.6 is 0 Å². The fourth-order valence-electron chi connectivity index (χ4n) is 28.0. The summed E-state index contributed by atoms with van der Waals surface area (Å²) in [5.41, 5.74) is 13.1. The fourth-order valence-corrected chi connectivity index (χ4v) is 104. The molecule has 0 N–H and O–H groups in total. The predicted octanol–water partition coefficient (Wildman–Crippen LogP) is 12.2. The van der Waals surface area contributed by atoms with E-state index in [-0.39, 0.29) is 35.1 Å². The summed E-state index contributed by atoms with van der Waals surface area (Å²) in [4.78, 5) is 1.09. The van der Waals surface area contributed by atoms with E-state index in [4.69, 9.17) is 0 Å². The molecule has 284 valence electrons. The Bertz CT molecular complexity index is 3190. The van der Waals surface area contributed by atoms with Crippen LogP contribution in [-0.4, -0.2) is 0 Å². The van der Waals surface area contributed by atoms with E-state index in [9.17, 15) is 0 Å². The van der Waals surface area contributed by atoms with Gasteiger partial charge in [-0.1, -0.05) is 0 Å². The topological polar surface area (TPSA) is 0 Å². The predicted molar refractivity (Wildman–Crippen MR) is 232 cm³/mol. The average molecular weight is 798 g/mol. The minimum absolute atomic E-state index is 0.0286. The first-order chi connectivity index (χ1) is 29.1. The van der Waals surface area contributed by atoms with Crippen molar-refractivity contribution in [1.82, 2.24) is 0 Å². The van der Waals surface area contributed by atoms with Crippen molar-refractivity contribution in [2.24, 2.45) is 0 Å². The van der Waals surface area contributed by atoms with E-state index in [2.05, 4.69) is 243 Å². The first-order valence-electron chi connectivity index (χ1n) is 21.6. The molecule has 10 aliphatic rings. The van der Waals surface area contributed by atoms with Crippen LogP contribution in [0.1, 0.15) is 44.5 Å². The summed E-state index contributed by atoms with van der Waals surface area (Å²) >= 11 is 0. The maximum absolute atomic E-state index is 6.18. The van der Waals surface area contributed by atoms with Gasteiger partial charge in [-0.15, -0.1) is 0 Å². The molecule has 8 aromatic carbocycles. The molecule has 59 heavy (non-hydrogen) atoms. The Morgan fingerprint density at radius 2 is 0.356 bits per heavy atom. The third-order valence-corrected chi connectivity index (χ3v) is 64.2. The van der Waals surface area contributed by atoms with Crippen LogP contribution < -0.4 is 0 Å². The van der Waals surface area contributed by atoms with Crippen molar-refractivity contribution in [3.05, 3.63) is 287 Å². The van der Waals surface area contributed by atoms with Crippen molar-refractivity contribution in [2.75, 3.05) is 0 Å². The second-order valence-corrected chi connectivity index (χ2v) is 39.5. The van der Waals surface area contributed by atoms with E-state index < -0.39 is 6.23 Å². The molecule has 0 amide bonds. The van der Waals surface area contributed by atoms with Gasteiger partial charge in [0.15, 0.2) is 0 Å². The molecule has 10 heterocycles. The summed E-state index contributed by atoms with van der Waals surface area (Å²) in [6, 6.07) is 98.9. The van der Waals surface area contributed by atoms with Crippen LogP contribution in [0.5, 0.6) is 0 Å². The number of hydrogen-bond acceptors (Lipinski definition) is 0. The zero-order valence-corrected chi connectivity index (χ0v) is 33.6. The molecule has 0 saturated carbocycles. The van der Waals surface area contributed by atoms with Crippen molar-refractivity contribution >= 4 is 0 Å². The molecule has 18 rings (SSSR count). The van der Waals surface area contributed by atoms with Crippen LogP contribution in [0.2, 0.25) is 9.78 Å². The Balaban J connectivity index is 1.27. The van der Waals surface area contributed by atoms with Crippen LogP contribution in [0, 0.1) is 0 Å². The van der Waals surface area contributed by atoms with Crippen molar-refractivity contribution in [3.8, 4) is 0 Å². The zero-order chi connectivity index (χ0) is 38.4. The third-order valence-electron chi connectivity index (χ3n) is 23.7. The molecule has 0 aromatic heterocycles. The van der Waals surface area contributed by atoms with E-state index in [1.54, 1.807) is 44.5 Å². The summed E-state index contributed by atoms with van der Waals surface area (Å²) in [5.74, 6) is 0. The third kappa shape index (κ3) is 0.762. The van der Waals surface area contributed by atoms with Crippen molar-refractivity contribution < 1.29 is 6.23 Å². The van der Waals surface area contributed by atoms with Crippen LogP contribution in [0.3, 0.4) is 0 Å². The van der Waals surface area contributed by atoms with Crippen molar-refractivity contribution in [2.45, 2.75) is 44.9 Å². The van der Waals surface area contributed by atoms with E-state index in [0.717, 1.165) is 0 Å². The standard InChI is InChI=1S/2C29H21.Ni/c2*1-5-13-22(14-6-1)26-21-27(23-15-7-2-8-16-23)29(25-19-11-4-12-20-25)28(26)24-17-9-3-10-18-24;/h2*1-21H;. The molecule has 0 aliphatic carbocycles. The van der Waals surface area contributed by atoms with Crippen LogP contribution in [0.25, 0.3) is 0 Å². The maximum atomic E-state index is 2.64. The molecule has 1 spiro atoms. The molecule has 0 nitrogen and oxygen atoms in total. The van der Waals surface area contributed by atoms with Crippen LogP contribution in [0.15, 0.2) is 243 Å². The molecule has 10 fully saturated rings.